The van der Waals surface area contributed by atoms with Crippen LogP contribution in [-0.2, 0) is 29.4 Å². The van der Waals surface area contributed by atoms with Gasteiger partial charge in [0.25, 0.3) is 15.9 Å². The summed E-state index contributed by atoms with van der Waals surface area (Å²) in [4.78, 5) is 15.6. The van der Waals surface area contributed by atoms with Crippen LogP contribution in [0.1, 0.15) is 65.7 Å². The lowest BCUT2D eigenvalue weighted by Crippen LogP contribution is -2.33. The second kappa shape index (κ2) is 8.78. The first-order valence-corrected chi connectivity index (χ1v) is 13.9. The molecule has 9 heteroatoms. The van der Waals surface area contributed by atoms with E-state index in [0.717, 1.165) is 61.5 Å². The molecule has 0 saturated carbocycles. The highest BCUT2D eigenvalue weighted by molar-refractivity contribution is 7.92. The summed E-state index contributed by atoms with van der Waals surface area (Å²) in [5.74, 6) is 1.72. The van der Waals surface area contributed by atoms with Gasteiger partial charge in [0.05, 0.1) is 16.6 Å². The lowest BCUT2D eigenvalue weighted by Gasteiger charge is -2.25. The summed E-state index contributed by atoms with van der Waals surface area (Å²) in [6, 6.07) is 13.9. The van der Waals surface area contributed by atoms with Crippen LogP contribution in [0.4, 0.5) is 5.69 Å². The van der Waals surface area contributed by atoms with Gasteiger partial charge in [-0.3, -0.25) is 9.10 Å². The standard InChI is InChI=1S/C26H29N5O3S/c32-26(29-16-7-12-23(29)25-28-27-24-13-2-1-5-15-30(24)25)20-9-6-10-21(18-20)35(33,34)31-17-14-19-8-3-4-11-22(19)31/h3-4,6,8-11,18,23H,1-2,5,7,12-17H2. The fourth-order valence-electron chi connectivity index (χ4n) is 5.67. The number of para-hydroxylation sites is 1. The molecule has 35 heavy (non-hydrogen) atoms. The van der Waals surface area contributed by atoms with Crippen molar-refractivity contribution < 1.29 is 13.2 Å². The molecule has 182 valence electrons. The van der Waals surface area contributed by atoms with Crippen LogP contribution in [0.5, 0.6) is 0 Å². The van der Waals surface area contributed by atoms with E-state index in [2.05, 4.69) is 14.8 Å². The minimum atomic E-state index is -3.77. The lowest BCUT2D eigenvalue weighted by atomic mass is 10.1. The molecule has 0 spiro atoms. The Morgan fingerprint density at radius 3 is 2.69 bits per heavy atom. The highest BCUT2D eigenvalue weighted by Gasteiger charge is 2.36. The minimum Gasteiger partial charge on any atom is -0.328 e. The summed E-state index contributed by atoms with van der Waals surface area (Å²) in [6.07, 6.45) is 6.73. The second-order valence-electron chi connectivity index (χ2n) is 9.58. The smallest absolute Gasteiger partial charge is 0.264 e. The molecule has 3 aromatic rings. The van der Waals surface area contributed by atoms with E-state index < -0.39 is 10.0 Å². The number of carbonyl (C=O) groups excluding carboxylic acids is 1. The predicted molar refractivity (Wildman–Crippen MR) is 132 cm³/mol. The van der Waals surface area contributed by atoms with Crippen molar-refractivity contribution in [2.75, 3.05) is 17.4 Å². The van der Waals surface area contributed by atoms with Gasteiger partial charge in [0.15, 0.2) is 5.82 Å². The van der Waals surface area contributed by atoms with Crippen LogP contribution in [0, 0.1) is 0 Å². The quantitative estimate of drug-likeness (QED) is 0.555. The monoisotopic (exact) mass is 491 g/mol. The van der Waals surface area contributed by atoms with Gasteiger partial charge in [0, 0.05) is 31.6 Å². The third-order valence-electron chi connectivity index (χ3n) is 7.46. The number of fused-ring (bicyclic) bond motifs is 2. The number of hydrogen-bond acceptors (Lipinski definition) is 5. The molecule has 8 nitrogen and oxygen atoms in total. The number of aromatic nitrogens is 3. The molecule has 1 unspecified atom stereocenters. The molecule has 2 aromatic carbocycles. The number of sulfonamides is 1. The Bertz CT molecular complexity index is 1380. The van der Waals surface area contributed by atoms with Crippen LogP contribution in [0.3, 0.4) is 0 Å². The van der Waals surface area contributed by atoms with Gasteiger partial charge in [-0.05, 0) is 61.9 Å². The van der Waals surface area contributed by atoms with Gasteiger partial charge in [0.2, 0.25) is 0 Å². The summed E-state index contributed by atoms with van der Waals surface area (Å²) in [5.41, 5.74) is 2.13. The Hall–Kier alpha value is -3.20. The molecular formula is C26H29N5O3S. The van der Waals surface area contributed by atoms with Crippen LogP contribution in [-0.4, -0.2) is 47.1 Å². The first-order chi connectivity index (χ1) is 17.0. The number of carbonyl (C=O) groups is 1. The largest absolute Gasteiger partial charge is 0.328 e. The average Bonchev–Trinajstić information content (AvgIpc) is 3.59. The van der Waals surface area contributed by atoms with Crippen LogP contribution in [0.2, 0.25) is 0 Å². The Morgan fingerprint density at radius 2 is 1.77 bits per heavy atom. The number of amides is 1. The Morgan fingerprint density at radius 1 is 0.886 bits per heavy atom. The van der Waals surface area contributed by atoms with Crippen LogP contribution in [0.25, 0.3) is 0 Å². The number of anilines is 1. The molecule has 4 heterocycles. The van der Waals surface area contributed by atoms with Gasteiger partial charge < -0.3 is 9.47 Å². The number of nitrogens with zero attached hydrogens (tertiary/aromatic N) is 5. The highest BCUT2D eigenvalue weighted by Crippen LogP contribution is 2.35. The zero-order valence-electron chi connectivity index (χ0n) is 19.6. The molecule has 1 saturated heterocycles. The van der Waals surface area contributed by atoms with Crippen molar-refractivity contribution in [2.24, 2.45) is 0 Å². The van der Waals surface area contributed by atoms with E-state index >= 15 is 0 Å². The maximum Gasteiger partial charge on any atom is 0.264 e. The molecule has 0 bridgehead atoms. The van der Waals surface area contributed by atoms with E-state index in [-0.39, 0.29) is 16.8 Å². The van der Waals surface area contributed by atoms with Crippen molar-refractivity contribution in [3.8, 4) is 0 Å². The fourth-order valence-corrected chi connectivity index (χ4v) is 7.22. The third kappa shape index (κ3) is 3.82. The molecule has 1 fully saturated rings. The summed E-state index contributed by atoms with van der Waals surface area (Å²) in [6.45, 7) is 1.93. The maximum absolute atomic E-state index is 13.6. The lowest BCUT2D eigenvalue weighted by molar-refractivity contribution is 0.0726. The minimum absolute atomic E-state index is 0.132. The van der Waals surface area contributed by atoms with Gasteiger partial charge in [-0.15, -0.1) is 10.2 Å². The summed E-state index contributed by atoms with van der Waals surface area (Å²) in [5, 5.41) is 8.92. The topological polar surface area (TPSA) is 88.4 Å². The Kier molecular flexibility index (Phi) is 5.59. The predicted octanol–water partition coefficient (Wildman–Crippen LogP) is 3.73. The van der Waals surface area contributed by atoms with Crippen molar-refractivity contribution in [1.82, 2.24) is 19.7 Å². The number of rotatable bonds is 4. The molecule has 0 N–H and O–H groups in total. The van der Waals surface area contributed by atoms with Crippen LogP contribution in [0.15, 0.2) is 53.4 Å². The van der Waals surface area contributed by atoms with Gasteiger partial charge in [0.1, 0.15) is 5.82 Å². The zero-order chi connectivity index (χ0) is 24.0. The van der Waals surface area contributed by atoms with Crippen LogP contribution >= 0.6 is 0 Å². The van der Waals surface area contributed by atoms with E-state index in [9.17, 15) is 13.2 Å². The molecule has 3 aliphatic heterocycles. The molecule has 1 aromatic heterocycles. The van der Waals surface area contributed by atoms with E-state index in [0.29, 0.717) is 25.1 Å². The Balaban J connectivity index is 1.29. The van der Waals surface area contributed by atoms with Gasteiger partial charge in [-0.2, -0.15) is 0 Å². The zero-order valence-corrected chi connectivity index (χ0v) is 20.5. The van der Waals surface area contributed by atoms with Crippen molar-refractivity contribution in [1.29, 1.82) is 0 Å². The first-order valence-electron chi connectivity index (χ1n) is 12.5. The summed E-state index contributed by atoms with van der Waals surface area (Å²) >= 11 is 0. The van der Waals surface area contributed by atoms with E-state index in [1.54, 1.807) is 18.2 Å². The molecule has 3 aliphatic rings. The van der Waals surface area contributed by atoms with Crippen molar-refractivity contribution in [3.63, 3.8) is 0 Å². The second-order valence-corrected chi connectivity index (χ2v) is 11.4. The van der Waals surface area contributed by atoms with E-state index in [1.807, 2.05) is 29.2 Å². The normalized spacial score (nSPS) is 19.9. The van der Waals surface area contributed by atoms with Gasteiger partial charge in [-0.1, -0.05) is 30.7 Å². The van der Waals surface area contributed by atoms with Crippen molar-refractivity contribution >= 4 is 21.6 Å². The van der Waals surface area contributed by atoms with Crippen molar-refractivity contribution in [2.45, 2.75) is 62.4 Å². The molecule has 0 aliphatic carbocycles. The molecule has 0 radical (unpaired) electrons. The first kappa shape index (κ1) is 22.3. The van der Waals surface area contributed by atoms with E-state index in [4.69, 9.17) is 0 Å². The number of aryl methyl sites for hydroxylation is 1. The molecule has 6 rings (SSSR count). The van der Waals surface area contributed by atoms with Crippen LogP contribution < -0.4 is 4.31 Å². The molecule has 1 amide bonds. The molecular weight excluding hydrogens is 462 g/mol. The Labute approximate surface area is 205 Å². The third-order valence-corrected chi connectivity index (χ3v) is 9.27. The van der Waals surface area contributed by atoms with Gasteiger partial charge in [-0.25, -0.2) is 8.42 Å². The highest BCUT2D eigenvalue weighted by atomic mass is 32.2. The van der Waals surface area contributed by atoms with Crippen molar-refractivity contribution in [3.05, 3.63) is 71.3 Å². The average molecular weight is 492 g/mol. The van der Waals surface area contributed by atoms with E-state index in [1.165, 1.54) is 16.8 Å². The molecule has 1 atom stereocenters. The number of hydrogen-bond donors (Lipinski definition) is 0. The maximum atomic E-state index is 13.6. The number of benzene rings is 2. The summed E-state index contributed by atoms with van der Waals surface area (Å²) < 4.78 is 30.7. The SMILES string of the molecule is O=C(c1cccc(S(=O)(=O)N2CCc3ccccc32)c1)N1CCCC1c1nnc2n1CCCCC2. The number of likely N-dealkylation sites (tertiary alicyclic amines) is 1. The summed E-state index contributed by atoms with van der Waals surface area (Å²) in [7, 11) is -3.77. The van der Waals surface area contributed by atoms with Gasteiger partial charge >= 0.3 is 0 Å². The fraction of sp³-hybridized carbons (Fsp3) is 0.423.